The Hall–Kier alpha value is 1.74. The van der Waals surface area contributed by atoms with Gasteiger partial charge in [0.25, 0.3) is 0 Å². The van der Waals surface area contributed by atoms with Crippen LogP contribution in [0.15, 0.2) is 0 Å². The smallest absolute Gasteiger partial charge is 0.735 e. The largest absolute Gasteiger partial charge is 1.00 e. The molecule has 0 N–H and O–H groups in total. The van der Waals surface area contributed by atoms with Crippen LogP contribution in [0.25, 0.3) is 0 Å². The Labute approximate surface area is 152 Å². The number of nitrogens with zero attached hydrogens (tertiary/aromatic N) is 1. The second kappa shape index (κ2) is 10.5. The van der Waals surface area contributed by atoms with Gasteiger partial charge in [0.2, 0.25) is 0 Å². The molecular weight excluding hydrogens is 308 g/mol. The van der Waals surface area contributed by atoms with Crippen LogP contribution in [0, 0.1) is 0 Å². The van der Waals surface area contributed by atoms with Crippen molar-refractivity contribution in [2.75, 3.05) is 13.2 Å². The summed E-state index contributed by atoms with van der Waals surface area (Å²) in [7, 11) is -10.6. The molecule has 0 atom stereocenters. The van der Waals surface area contributed by atoms with E-state index in [0.717, 1.165) is 0 Å². The molecule has 0 unspecified atom stereocenters. The minimum absolute atomic E-state index is 0. The summed E-state index contributed by atoms with van der Waals surface area (Å²) in [5, 5.41) is 0. The predicted molar refractivity (Wildman–Crippen MR) is 51.8 cm³/mol. The summed E-state index contributed by atoms with van der Waals surface area (Å²) in [6.07, 6.45) is -0.164. The fourth-order valence-corrected chi connectivity index (χ4v) is 2.45. The van der Waals surface area contributed by atoms with E-state index in [-0.39, 0.29) is 78.2 Å². The van der Waals surface area contributed by atoms with E-state index in [0.29, 0.717) is 0 Å². The van der Waals surface area contributed by atoms with Crippen molar-refractivity contribution in [3.05, 3.63) is 0 Å². The van der Waals surface area contributed by atoms with Gasteiger partial charge in [0.05, 0.1) is 6.10 Å². The molecule has 0 aliphatic carbocycles. The molecule has 18 heavy (non-hydrogen) atoms. The van der Waals surface area contributed by atoms with E-state index in [2.05, 4.69) is 0 Å². The van der Waals surface area contributed by atoms with Crippen LogP contribution in [0.3, 0.4) is 0 Å². The van der Waals surface area contributed by atoms with Crippen LogP contribution < -0.4 is 59.1 Å². The van der Waals surface area contributed by atoms with Gasteiger partial charge in [-0.05, 0) is 20.3 Å². The number of hydrogen-bond acceptors (Lipinski definition) is 7. The first-order valence-corrected chi connectivity index (χ1v) is 7.09. The molecule has 0 heterocycles. The number of hydrogen-bond donors (Lipinski definition) is 0. The van der Waals surface area contributed by atoms with Crippen molar-refractivity contribution in [1.82, 2.24) is 3.71 Å². The first-order valence-electron chi connectivity index (χ1n) is 4.36. The first kappa shape index (κ1) is 24.7. The van der Waals surface area contributed by atoms with E-state index in [1.165, 1.54) is 0 Å². The van der Waals surface area contributed by atoms with Crippen molar-refractivity contribution in [3.63, 3.8) is 0 Å². The summed E-state index contributed by atoms with van der Waals surface area (Å²) in [5.74, 6) is 0. The molecule has 0 bridgehead atoms. The Bertz CT molecular complexity index is 376. The molecule has 0 aromatic carbocycles. The molecule has 0 amide bonds. The van der Waals surface area contributed by atoms with Crippen molar-refractivity contribution in [1.29, 1.82) is 0 Å². The van der Waals surface area contributed by atoms with Crippen molar-refractivity contribution >= 4 is 20.6 Å². The van der Waals surface area contributed by atoms with E-state index in [1.54, 1.807) is 13.8 Å². The zero-order valence-electron chi connectivity index (χ0n) is 10.8. The fourth-order valence-electron chi connectivity index (χ4n) is 0.848. The molecule has 0 aromatic heterocycles. The molecular formula is C6H13NNa2O7S2. The van der Waals surface area contributed by atoms with Gasteiger partial charge in [-0.3, -0.25) is 0 Å². The normalized spacial score (nSPS) is 12.1. The maximum Gasteiger partial charge on any atom is 1.00 e. The van der Waals surface area contributed by atoms with Gasteiger partial charge in [-0.2, -0.15) is 0 Å². The van der Waals surface area contributed by atoms with Crippen LogP contribution in [0.4, 0.5) is 0 Å². The summed E-state index contributed by atoms with van der Waals surface area (Å²) in [6, 6.07) is 0. The number of rotatable bonds is 7. The Balaban J connectivity index is -0.00000112. The Kier molecular flexibility index (Phi) is 14.4. The average Bonchev–Trinajstić information content (AvgIpc) is 1.97. The molecule has 12 heteroatoms. The van der Waals surface area contributed by atoms with Gasteiger partial charge >= 0.3 is 59.1 Å². The predicted octanol–water partition coefficient (Wildman–Crippen LogP) is -6.97. The molecule has 0 spiro atoms. The third kappa shape index (κ3) is 11.6. The molecule has 0 fully saturated rings. The molecule has 0 saturated heterocycles. The third-order valence-corrected chi connectivity index (χ3v) is 3.89. The third-order valence-electron chi connectivity index (χ3n) is 1.44. The Morgan fingerprint density at radius 1 is 1.06 bits per heavy atom. The van der Waals surface area contributed by atoms with Crippen molar-refractivity contribution in [2.45, 2.75) is 26.4 Å². The molecule has 0 saturated carbocycles. The van der Waals surface area contributed by atoms with E-state index >= 15 is 0 Å². The van der Waals surface area contributed by atoms with Crippen LogP contribution in [-0.4, -0.2) is 48.9 Å². The standard InChI is InChI=1S/C6H15NO7S2.2Na/c1-6(2)14-5-3-4-7(15(8,9)10)16(11,12)13;;/h6H,3-5H2,1-2H3,(H,8,9,10)(H,11,12,13);;/q;2*+1/p-2. The maximum absolute atomic E-state index is 10.5. The van der Waals surface area contributed by atoms with Crippen LogP contribution >= 0.6 is 0 Å². The SMILES string of the molecule is CC(C)OCCCN(S(=O)(=O)[O-])S(=O)(=O)[O-].[Na+].[Na+]. The van der Waals surface area contributed by atoms with Crippen molar-refractivity contribution in [3.8, 4) is 0 Å². The minimum atomic E-state index is -5.30. The van der Waals surface area contributed by atoms with Gasteiger partial charge in [-0.15, -0.1) is 3.71 Å². The van der Waals surface area contributed by atoms with Crippen LogP contribution in [0.5, 0.6) is 0 Å². The molecule has 0 radical (unpaired) electrons. The molecule has 0 aliphatic heterocycles. The van der Waals surface area contributed by atoms with Crippen LogP contribution in [0.1, 0.15) is 20.3 Å². The fraction of sp³-hybridized carbons (Fsp3) is 1.00. The second-order valence-electron chi connectivity index (χ2n) is 3.18. The van der Waals surface area contributed by atoms with E-state index in [4.69, 9.17) is 4.74 Å². The van der Waals surface area contributed by atoms with E-state index in [9.17, 15) is 25.9 Å². The maximum atomic E-state index is 10.5. The summed E-state index contributed by atoms with van der Waals surface area (Å²) >= 11 is 0. The summed E-state index contributed by atoms with van der Waals surface area (Å²) in [5.41, 5.74) is 0. The molecule has 8 nitrogen and oxygen atoms in total. The zero-order chi connectivity index (χ0) is 13.0. The zero-order valence-corrected chi connectivity index (χ0v) is 16.5. The van der Waals surface area contributed by atoms with Gasteiger partial charge < -0.3 is 13.8 Å². The monoisotopic (exact) mass is 321 g/mol. The van der Waals surface area contributed by atoms with Gasteiger partial charge in [0.1, 0.15) is 0 Å². The Morgan fingerprint density at radius 3 is 1.72 bits per heavy atom. The van der Waals surface area contributed by atoms with Gasteiger partial charge in [-0.1, -0.05) is 0 Å². The summed E-state index contributed by atoms with van der Waals surface area (Å²) in [6.45, 7) is 2.81. The molecule has 0 aromatic rings. The van der Waals surface area contributed by atoms with Crippen molar-refractivity contribution in [2.24, 2.45) is 0 Å². The van der Waals surface area contributed by atoms with Gasteiger partial charge in [-0.25, -0.2) is 16.8 Å². The van der Waals surface area contributed by atoms with E-state index in [1.807, 2.05) is 0 Å². The second-order valence-corrected chi connectivity index (χ2v) is 6.01. The number of ether oxygens (including phenoxy) is 1. The van der Waals surface area contributed by atoms with Gasteiger partial charge in [0, 0.05) is 13.2 Å². The van der Waals surface area contributed by atoms with Crippen LogP contribution in [-0.2, 0) is 25.3 Å². The molecule has 0 rings (SSSR count). The average molecular weight is 321 g/mol. The van der Waals surface area contributed by atoms with E-state index < -0.39 is 30.9 Å². The van der Waals surface area contributed by atoms with Crippen molar-refractivity contribution < 1.29 is 89.8 Å². The van der Waals surface area contributed by atoms with Crippen LogP contribution in [0.2, 0.25) is 0 Å². The quantitative estimate of drug-likeness (QED) is 0.259. The molecule has 98 valence electrons. The van der Waals surface area contributed by atoms with Gasteiger partial charge in [0.15, 0.2) is 20.6 Å². The Morgan fingerprint density at radius 2 is 1.44 bits per heavy atom. The minimum Gasteiger partial charge on any atom is -0.735 e. The summed E-state index contributed by atoms with van der Waals surface area (Å²) in [4.78, 5) is 0. The summed E-state index contributed by atoms with van der Waals surface area (Å²) < 4.78 is 67.1. The molecule has 0 aliphatic rings. The topological polar surface area (TPSA) is 127 Å². The first-order chi connectivity index (χ1) is 7.05.